The second kappa shape index (κ2) is 7.64. The van der Waals surface area contributed by atoms with E-state index in [0.29, 0.717) is 53.9 Å². The fourth-order valence-corrected chi connectivity index (χ4v) is 3.29. The molecule has 4 nitrogen and oxygen atoms in total. The van der Waals surface area contributed by atoms with Crippen LogP contribution in [0.3, 0.4) is 0 Å². The van der Waals surface area contributed by atoms with Gasteiger partial charge in [0.15, 0.2) is 5.58 Å². The molecule has 1 heterocycles. The Kier molecular flexibility index (Phi) is 5.21. The third-order valence-electron chi connectivity index (χ3n) is 3.99. The van der Waals surface area contributed by atoms with Crippen molar-refractivity contribution >= 4 is 69.1 Å². The van der Waals surface area contributed by atoms with Crippen molar-refractivity contribution in [2.45, 2.75) is 0 Å². The summed E-state index contributed by atoms with van der Waals surface area (Å²) in [5, 5.41) is 4.47. The molecule has 0 saturated heterocycles. The lowest BCUT2D eigenvalue weighted by molar-refractivity contribution is 0.102. The number of rotatable bonds is 3. The zero-order valence-electron chi connectivity index (χ0n) is 14.0. The van der Waals surface area contributed by atoms with Crippen LogP contribution in [-0.4, -0.2) is 10.9 Å². The molecule has 0 spiro atoms. The zero-order valence-corrected chi connectivity index (χ0v) is 17.0. The van der Waals surface area contributed by atoms with Gasteiger partial charge in [0.05, 0.1) is 20.6 Å². The summed E-state index contributed by atoms with van der Waals surface area (Å²) in [5.41, 5.74) is 2.64. The van der Waals surface area contributed by atoms with E-state index in [4.69, 9.17) is 50.8 Å². The molecule has 1 amide bonds. The fourth-order valence-electron chi connectivity index (χ4n) is 2.62. The van der Waals surface area contributed by atoms with E-state index in [2.05, 4.69) is 10.3 Å². The quantitative estimate of drug-likeness (QED) is 0.354. The summed E-state index contributed by atoms with van der Waals surface area (Å²) < 4.78 is 5.76. The van der Waals surface area contributed by atoms with E-state index >= 15 is 0 Å². The van der Waals surface area contributed by atoms with Gasteiger partial charge in [-0.15, -0.1) is 0 Å². The second-order valence-corrected chi connectivity index (χ2v) is 7.57. The van der Waals surface area contributed by atoms with Crippen molar-refractivity contribution in [1.29, 1.82) is 0 Å². The van der Waals surface area contributed by atoms with E-state index in [0.717, 1.165) is 0 Å². The van der Waals surface area contributed by atoms with Gasteiger partial charge in [-0.1, -0.05) is 46.4 Å². The van der Waals surface area contributed by atoms with Gasteiger partial charge in [-0.25, -0.2) is 4.98 Å². The van der Waals surface area contributed by atoms with Crippen molar-refractivity contribution in [1.82, 2.24) is 4.98 Å². The van der Waals surface area contributed by atoms with Crippen molar-refractivity contribution in [2.24, 2.45) is 0 Å². The number of anilines is 1. The first-order chi connectivity index (χ1) is 13.4. The summed E-state index contributed by atoms with van der Waals surface area (Å²) in [6, 6.07) is 14.8. The van der Waals surface area contributed by atoms with Crippen molar-refractivity contribution < 1.29 is 9.21 Å². The number of hydrogen-bond donors (Lipinski definition) is 1. The van der Waals surface area contributed by atoms with E-state index in [-0.39, 0.29) is 5.91 Å². The molecule has 0 radical (unpaired) electrons. The highest BCUT2D eigenvalue weighted by atomic mass is 35.5. The highest BCUT2D eigenvalue weighted by Crippen LogP contribution is 2.33. The molecule has 1 N–H and O–H groups in total. The van der Waals surface area contributed by atoms with Gasteiger partial charge in [-0.2, -0.15) is 0 Å². The number of benzene rings is 3. The van der Waals surface area contributed by atoms with Crippen LogP contribution in [0, 0.1) is 0 Å². The second-order valence-electron chi connectivity index (χ2n) is 5.91. The maximum absolute atomic E-state index is 12.5. The standard InChI is InChI=1S/C20H10Cl4N2O2/c21-11-2-6-18-17(8-11)26-20(28-18)13-9-12(3-5-14(13)22)25-19(27)10-1-4-15(23)16(24)7-10/h1-9H,(H,25,27). The van der Waals surface area contributed by atoms with E-state index in [9.17, 15) is 4.79 Å². The molecule has 0 aliphatic heterocycles. The lowest BCUT2D eigenvalue weighted by atomic mass is 10.1. The number of aromatic nitrogens is 1. The number of oxazole rings is 1. The maximum Gasteiger partial charge on any atom is 0.255 e. The molecule has 140 valence electrons. The molecule has 0 aliphatic rings. The van der Waals surface area contributed by atoms with Crippen LogP contribution >= 0.6 is 46.4 Å². The van der Waals surface area contributed by atoms with Gasteiger partial charge in [-0.3, -0.25) is 4.79 Å². The first-order valence-corrected chi connectivity index (χ1v) is 9.54. The Hall–Kier alpha value is -2.24. The topological polar surface area (TPSA) is 55.1 Å². The van der Waals surface area contributed by atoms with Gasteiger partial charge in [0.1, 0.15) is 5.52 Å². The maximum atomic E-state index is 12.5. The Morgan fingerprint density at radius 2 is 1.64 bits per heavy atom. The number of fused-ring (bicyclic) bond motifs is 1. The molecule has 1 aromatic heterocycles. The van der Waals surface area contributed by atoms with Crippen LogP contribution in [-0.2, 0) is 0 Å². The van der Waals surface area contributed by atoms with E-state index in [1.54, 1.807) is 48.5 Å². The Morgan fingerprint density at radius 1 is 0.857 bits per heavy atom. The minimum Gasteiger partial charge on any atom is -0.436 e. The number of nitrogens with one attached hydrogen (secondary N) is 1. The van der Waals surface area contributed by atoms with Crippen molar-refractivity contribution in [3.05, 3.63) is 80.3 Å². The van der Waals surface area contributed by atoms with E-state index in [1.807, 2.05) is 0 Å². The molecule has 0 saturated carbocycles. The third-order valence-corrected chi connectivity index (χ3v) is 5.29. The summed E-state index contributed by atoms with van der Waals surface area (Å²) in [7, 11) is 0. The van der Waals surface area contributed by atoms with Gasteiger partial charge < -0.3 is 9.73 Å². The largest absolute Gasteiger partial charge is 0.436 e. The summed E-state index contributed by atoms with van der Waals surface area (Å²) in [4.78, 5) is 16.9. The zero-order chi connectivity index (χ0) is 19.8. The smallest absolute Gasteiger partial charge is 0.255 e. The van der Waals surface area contributed by atoms with Gasteiger partial charge >= 0.3 is 0 Å². The molecule has 0 aliphatic carbocycles. The lowest BCUT2D eigenvalue weighted by Crippen LogP contribution is -2.11. The Balaban J connectivity index is 1.66. The molecule has 3 aromatic carbocycles. The number of nitrogens with zero attached hydrogens (tertiary/aromatic N) is 1. The van der Waals surface area contributed by atoms with Crippen LogP contribution in [0.5, 0.6) is 0 Å². The Bertz CT molecular complexity index is 1220. The van der Waals surface area contributed by atoms with Crippen LogP contribution in [0.25, 0.3) is 22.6 Å². The van der Waals surface area contributed by atoms with Gasteiger partial charge in [0, 0.05) is 16.3 Å². The van der Waals surface area contributed by atoms with Crippen LogP contribution in [0.4, 0.5) is 5.69 Å². The number of halogens is 4. The monoisotopic (exact) mass is 450 g/mol. The first kappa shape index (κ1) is 19.1. The molecular formula is C20H10Cl4N2O2. The molecular weight excluding hydrogens is 442 g/mol. The van der Waals surface area contributed by atoms with Gasteiger partial charge in [-0.05, 0) is 54.6 Å². The van der Waals surface area contributed by atoms with Gasteiger partial charge in [0.2, 0.25) is 5.89 Å². The summed E-state index contributed by atoms with van der Waals surface area (Å²) in [6.07, 6.45) is 0. The van der Waals surface area contributed by atoms with Crippen LogP contribution in [0.2, 0.25) is 20.1 Å². The predicted molar refractivity (Wildman–Crippen MR) is 114 cm³/mol. The number of amides is 1. The summed E-state index contributed by atoms with van der Waals surface area (Å²) >= 11 is 24.2. The van der Waals surface area contributed by atoms with Gasteiger partial charge in [0.25, 0.3) is 5.91 Å². The fraction of sp³-hybridized carbons (Fsp3) is 0. The predicted octanol–water partition coefficient (Wildman–Crippen LogP) is 7.36. The number of hydrogen-bond acceptors (Lipinski definition) is 3. The molecule has 28 heavy (non-hydrogen) atoms. The summed E-state index contributed by atoms with van der Waals surface area (Å²) in [5.74, 6) is -0.0101. The molecule has 0 bridgehead atoms. The SMILES string of the molecule is O=C(Nc1ccc(Cl)c(-c2nc3cc(Cl)ccc3o2)c1)c1ccc(Cl)c(Cl)c1. The summed E-state index contributed by atoms with van der Waals surface area (Å²) in [6.45, 7) is 0. The van der Waals surface area contributed by atoms with E-state index < -0.39 is 0 Å². The van der Waals surface area contributed by atoms with Crippen molar-refractivity contribution in [3.63, 3.8) is 0 Å². The molecule has 4 aromatic rings. The normalized spacial score (nSPS) is 11.0. The molecule has 8 heteroatoms. The minimum atomic E-state index is -0.337. The molecule has 0 atom stereocenters. The van der Waals surface area contributed by atoms with Crippen LogP contribution in [0.1, 0.15) is 10.4 Å². The van der Waals surface area contributed by atoms with Crippen molar-refractivity contribution in [3.8, 4) is 11.5 Å². The first-order valence-electron chi connectivity index (χ1n) is 8.03. The third kappa shape index (κ3) is 3.82. The number of carbonyl (C=O) groups is 1. The van der Waals surface area contributed by atoms with E-state index in [1.165, 1.54) is 6.07 Å². The average Bonchev–Trinajstić information content (AvgIpc) is 3.08. The van der Waals surface area contributed by atoms with Crippen LogP contribution < -0.4 is 5.32 Å². The Morgan fingerprint density at radius 3 is 2.43 bits per heavy atom. The minimum absolute atomic E-state index is 0.302. The number of carbonyl (C=O) groups excluding carboxylic acids is 1. The molecule has 0 unspecified atom stereocenters. The lowest BCUT2D eigenvalue weighted by Gasteiger charge is -2.08. The average molecular weight is 452 g/mol. The van der Waals surface area contributed by atoms with Crippen molar-refractivity contribution in [2.75, 3.05) is 5.32 Å². The Labute approximate surface area is 180 Å². The highest BCUT2D eigenvalue weighted by molar-refractivity contribution is 6.42. The highest BCUT2D eigenvalue weighted by Gasteiger charge is 2.15. The molecule has 4 rings (SSSR count). The molecule has 0 fully saturated rings. The van der Waals surface area contributed by atoms with Crippen LogP contribution in [0.15, 0.2) is 59.0 Å².